The Morgan fingerprint density at radius 1 is 1.00 bits per heavy atom. The van der Waals surface area contributed by atoms with Crippen LogP contribution >= 0.6 is 0 Å². The number of carbonyl (C=O) groups is 3. The molecule has 3 atom stereocenters. The van der Waals surface area contributed by atoms with E-state index >= 15 is 0 Å². The van der Waals surface area contributed by atoms with Crippen molar-refractivity contribution in [1.82, 2.24) is 10.2 Å². The van der Waals surface area contributed by atoms with Gasteiger partial charge in [0.1, 0.15) is 24.1 Å². The molecule has 220 valence electrons. The number of nitrogens with zero attached hydrogens (tertiary/aromatic N) is 1. The molecule has 0 aromatic heterocycles. The molecule has 1 saturated heterocycles. The quantitative estimate of drug-likeness (QED) is 0.267. The number of rotatable bonds is 9. The van der Waals surface area contributed by atoms with Crippen LogP contribution in [0.25, 0.3) is 0 Å². The molecule has 3 aromatic carbocycles. The molecule has 0 bridgehead atoms. The average Bonchev–Trinajstić information content (AvgIpc) is 3.31. The molecule has 1 heterocycles. The number of carbonyl (C=O) groups excluding carboxylic acids is 3. The zero-order valence-corrected chi connectivity index (χ0v) is 24.6. The van der Waals surface area contributed by atoms with E-state index in [4.69, 9.17) is 9.47 Å². The van der Waals surface area contributed by atoms with Gasteiger partial charge in [-0.1, -0.05) is 87.0 Å². The van der Waals surface area contributed by atoms with Gasteiger partial charge in [0, 0.05) is 11.6 Å². The summed E-state index contributed by atoms with van der Waals surface area (Å²) in [4.78, 5) is 36.5. The van der Waals surface area contributed by atoms with Crippen molar-refractivity contribution in [3.63, 3.8) is 0 Å². The maximum absolute atomic E-state index is 12.4. The SMILES string of the molecule is CC.CC1[C@@H](C)CC(C(=O)OCc2ccccc2)N1C(=O)CNC=O.Cc1ccc(Oc2ccccc2)c(CO)c1. The fraction of sp³-hybridized carbons (Fsp3) is 0.364. The lowest BCUT2D eigenvalue weighted by molar-refractivity contribution is -0.155. The minimum absolute atomic E-state index is 0.0101. The molecule has 1 aliphatic rings. The molecule has 41 heavy (non-hydrogen) atoms. The first kappa shape index (κ1) is 33.0. The summed E-state index contributed by atoms with van der Waals surface area (Å²) in [5.41, 5.74) is 2.83. The van der Waals surface area contributed by atoms with E-state index in [1.807, 2.05) is 113 Å². The number of amides is 2. The minimum Gasteiger partial charge on any atom is -0.459 e. The number of para-hydroxylation sites is 1. The van der Waals surface area contributed by atoms with Crippen LogP contribution in [-0.2, 0) is 32.3 Å². The summed E-state index contributed by atoms with van der Waals surface area (Å²) in [6, 6.07) is 24.1. The Morgan fingerprint density at radius 3 is 2.24 bits per heavy atom. The predicted molar refractivity (Wildman–Crippen MR) is 159 cm³/mol. The summed E-state index contributed by atoms with van der Waals surface area (Å²) in [6.07, 6.45) is 1.05. The van der Waals surface area contributed by atoms with Crippen molar-refractivity contribution >= 4 is 18.3 Å². The van der Waals surface area contributed by atoms with Gasteiger partial charge in [-0.15, -0.1) is 0 Å². The fourth-order valence-corrected chi connectivity index (χ4v) is 4.42. The first-order chi connectivity index (χ1) is 19.8. The van der Waals surface area contributed by atoms with Crippen LogP contribution in [0.4, 0.5) is 0 Å². The Labute approximate surface area is 243 Å². The summed E-state index contributed by atoms with van der Waals surface area (Å²) in [7, 11) is 0. The van der Waals surface area contributed by atoms with Crippen molar-refractivity contribution in [2.45, 2.75) is 66.3 Å². The number of ether oxygens (including phenoxy) is 2. The van der Waals surface area contributed by atoms with E-state index in [0.717, 1.165) is 22.4 Å². The van der Waals surface area contributed by atoms with E-state index in [-0.39, 0.29) is 37.6 Å². The Kier molecular flexibility index (Phi) is 14.1. The molecule has 2 unspecified atom stereocenters. The number of aliphatic hydroxyl groups is 1. The third kappa shape index (κ3) is 10.1. The smallest absolute Gasteiger partial charge is 0.329 e. The molecular weight excluding hydrogens is 520 g/mol. The zero-order valence-electron chi connectivity index (χ0n) is 24.6. The average molecular weight is 563 g/mol. The zero-order chi connectivity index (χ0) is 30.2. The number of benzene rings is 3. The van der Waals surface area contributed by atoms with Crippen molar-refractivity contribution in [3.8, 4) is 11.5 Å². The molecule has 0 spiro atoms. The van der Waals surface area contributed by atoms with Gasteiger partial charge in [-0.2, -0.15) is 0 Å². The summed E-state index contributed by atoms with van der Waals surface area (Å²) in [5, 5.41) is 11.6. The maximum Gasteiger partial charge on any atom is 0.329 e. The van der Waals surface area contributed by atoms with Crippen LogP contribution in [0.3, 0.4) is 0 Å². The van der Waals surface area contributed by atoms with Gasteiger partial charge in [0.15, 0.2) is 0 Å². The molecule has 1 fully saturated rings. The number of aryl methyl sites for hydroxylation is 1. The monoisotopic (exact) mass is 562 g/mol. The van der Waals surface area contributed by atoms with Crippen LogP contribution in [0.2, 0.25) is 0 Å². The second-order valence-corrected chi connectivity index (χ2v) is 9.55. The van der Waals surface area contributed by atoms with Gasteiger partial charge in [0.05, 0.1) is 13.2 Å². The highest BCUT2D eigenvalue weighted by Crippen LogP contribution is 2.30. The molecule has 8 heteroatoms. The molecular formula is C33H42N2O6. The lowest BCUT2D eigenvalue weighted by Crippen LogP contribution is -2.48. The molecule has 0 aliphatic carbocycles. The molecule has 0 saturated carbocycles. The molecule has 4 rings (SSSR count). The lowest BCUT2D eigenvalue weighted by Gasteiger charge is -2.27. The molecule has 0 radical (unpaired) electrons. The summed E-state index contributed by atoms with van der Waals surface area (Å²) in [6.45, 7) is 9.97. The summed E-state index contributed by atoms with van der Waals surface area (Å²) in [5.74, 6) is 1.02. The Morgan fingerprint density at radius 2 is 1.63 bits per heavy atom. The third-order valence-corrected chi connectivity index (χ3v) is 6.67. The largest absolute Gasteiger partial charge is 0.459 e. The molecule has 3 aromatic rings. The van der Waals surface area contributed by atoms with Gasteiger partial charge in [-0.05, 0) is 49.9 Å². The van der Waals surface area contributed by atoms with Crippen molar-refractivity contribution in [1.29, 1.82) is 0 Å². The van der Waals surface area contributed by atoms with E-state index in [1.54, 1.807) is 0 Å². The molecule has 1 aliphatic heterocycles. The predicted octanol–water partition coefficient (Wildman–Crippen LogP) is 5.41. The third-order valence-electron chi connectivity index (χ3n) is 6.67. The van der Waals surface area contributed by atoms with Crippen LogP contribution in [0.5, 0.6) is 11.5 Å². The van der Waals surface area contributed by atoms with E-state index < -0.39 is 12.0 Å². The number of aliphatic hydroxyl groups excluding tert-OH is 1. The number of esters is 1. The Bertz CT molecular complexity index is 1220. The number of hydrogen-bond donors (Lipinski definition) is 2. The molecule has 8 nitrogen and oxygen atoms in total. The van der Waals surface area contributed by atoms with E-state index in [9.17, 15) is 19.5 Å². The first-order valence-electron chi connectivity index (χ1n) is 14.0. The number of nitrogens with one attached hydrogen (secondary N) is 1. The molecule has 2 N–H and O–H groups in total. The second kappa shape index (κ2) is 17.5. The Hall–Kier alpha value is -4.17. The first-order valence-corrected chi connectivity index (χ1v) is 14.0. The highest BCUT2D eigenvalue weighted by molar-refractivity contribution is 5.87. The Balaban J connectivity index is 0.000000285. The van der Waals surface area contributed by atoms with E-state index in [2.05, 4.69) is 5.32 Å². The van der Waals surface area contributed by atoms with Gasteiger partial charge in [-0.25, -0.2) is 4.79 Å². The highest BCUT2D eigenvalue weighted by Gasteiger charge is 2.43. The minimum atomic E-state index is -0.593. The van der Waals surface area contributed by atoms with Crippen LogP contribution < -0.4 is 10.1 Å². The van der Waals surface area contributed by atoms with Crippen molar-refractivity contribution in [2.24, 2.45) is 5.92 Å². The summed E-state index contributed by atoms with van der Waals surface area (Å²) < 4.78 is 11.1. The van der Waals surface area contributed by atoms with Gasteiger partial charge in [0.25, 0.3) is 0 Å². The topological polar surface area (TPSA) is 105 Å². The number of hydrogen-bond acceptors (Lipinski definition) is 6. The van der Waals surface area contributed by atoms with Crippen molar-refractivity contribution in [3.05, 3.63) is 95.6 Å². The normalized spacial score (nSPS) is 17.2. The van der Waals surface area contributed by atoms with Gasteiger partial charge < -0.3 is 24.8 Å². The lowest BCUT2D eigenvalue weighted by atomic mass is 10.0. The van der Waals surface area contributed by atoms with Gasteiger partial charge in [0.2, 0.25) is 12.3 Å². The number of likely N-dealkylation sites (tertiary alicyclic amines) is 1. The van der Waals surface area contributed by atoms with Crippen LogP contribution in [0.1, 0.15) is 50.8 Å². The standard InChI is InChI=1S/C17H22N2O4.C14H14O2.C2H6/c1-12-8-15(19(13(12)2)16(21)9-18-11-20)17(22)23-10-14-6-4-3-5-7-14;1-11-7-8-14(12(9-11)10-15)16-13-5-3-2-4-6-13;1-2/h3-7,11-13,15H,8-10H2,1-2H3,(H,18,20);2-9,15H,10H2,1H3;1-2H3/t12-,13?,15?;;/m0../s1. The van der Waals surface area contributed by atoms with E-state index in [1.165, 1.54) is 4.90 Å². The molecule has 2 amide bonds. The van der Waals surface area contributed by atoms with Crippen LogP contribution in [0.15, 0.2) is 78.9 Å². The van der Waals surface area contributed by atoms with Crippen LogP contribution in [0, 0.1) is 12.8 Å². The summed E-state index contributed by atoms with van der Waals surface area (Å²) >= 11 is 0. The van der Waals surface area contributed by atoms with Gasteiger partial charge in [-0.3, -0.25) is 9.59 Å². The highest BCUT2D eigenvalue weighted by atomic mass is 16.5. The van der Waals surface area contributed by atoms with Crippen LogP contribution in [-0.4, -0.2) is 46.9 Å². The van der Waals surface area contributed by atoms with Crippen molar-refractivity contribution in [2.75, 3.05) is 6.54 Å². The van der Waals surface area contributed by atoms with E-state index in [0.29, 0.717) is 18.6 Å². The maximum atomic E-state index is 12.4. The second-order valence-electron chi connectivity index (χ2n) is 9.55. The fourth-order valence-electron chi connectivity index (χ4n) is 4.42. The van der Waals surface area contributed by atoms with Gasteiger partial charge >= 0.3 is 5.97 Å². The van der Waals surface area contributed by atoms with Crippen molar-refractivity contribution < 1.29 is 29.0 Å².